The quantitative estimate of drug-likeness (QED) is 0.261. The fourth-order valence-corrected chi connectivity index (χ4v) is 0. The van der Waals surface area contributed by atoms with E-state index in [2.05, 4.69) is 12.3 Å². The second-order valence-corrected chi connectivity index (χ2v) is 2.01. The van der Waals surface area contributed by atoms with Crippen molar-refractivity contribution in [2.24, 2.45) is 5.73 Å². The average Bonchev–Trinajstić information content (AvgIpc) is 1.61. The molecule has 0 bridgehead atoms. The molecule has 0 saturated heterocycles. The van der Waals surface area contributed by atoms with Crippen LogP contribution in [0.25, 0.3) is 0 Å². The summed E-state index contributed by atoms with van der Waals surface area (Å²) in [6.45, 7) is 3.09. The Bertz CT molecular complexity index is 157. The van der Waals surface area contributed by atoms with E-state index in [4.69, 9.17) is 19.2 Å². The van der Waals surface area contributed by atoms with Crippen LogP contribution in [-0.4, -0.2) is 33.9 Å². The van der Waals surface area contributed by atoms with Gasteiger partial charge in [0.25, 0.3) is 0 Å². The summed E-state index contributed by atoms with van der Waals surface area (Å²) in [5, 5.41) is 0. The molecule has 11 heavy (non-hydrogen) atoms. The molecule has 0 rings (SSSR count). The Morgan fingerprint density at radius 3 is 1.73 bits per heavy atom. The van der Waals surface area contributed by atoms with Crippen molar-refractivity contribution in [3.8, 4) is 0 Å². The molecule has 3 N–H and O–H groups in total. The Labute approximate surface area is 79.5 Å². The van der Waals surface area contributed by atoms with Crippen LogP contribution in [0.1, 0.15) is 0 Å². The topological polar surface area (TPSA) is 127 Å². The van der Waals surface area contributed by atoms with Crippen LogP contribution in [0, 0.1) is 0 Å². The zero-order valence-corrected chi connectivity index (χ0v) is 7.90. The minimum atomic E-state index is -5.14. The molecule has 0 fully saturated rings. The van der Waals surface area contributed by atoms with E-state index in [0.29, 0.717) is 0 Å². The van der Waals surface area contributed by atoms with Gasteiger partial charge in [-0.3, -0.25) is 4.79 Å². The van der Waals surface area contributed by atoms with Gasteiger partial charge in [0, 0.05) is 0 Å². The van der Waals surface area contributed by atoms with Crippen LogP contribution in [0.4, 0.5) is 0 Å². The van der Waals surface area contributed by atoms with E-state index in [1.807, 2.05) is 0 Å². The third kappa shape index (κ3) is 152. The van der Waals surface area contributed by atoms with Gasteiger partial charge in [0.1, 0.15) is 0 Å². The van der Waals surface area contributed by atoms with E-state index < -0.39 is 13.7 Å². The summed E-state index contributed by atoms with van der Waals surface area (Å²) in [4.78, 5) is 33.8. The molecule has 8 heteroatoms. The molecule has 60 valence electrons. The molecule has 0 saturated carbocycles. The van der Waals surface area contributed by atoms with Crippen LogP contribution in [0.3, 0.4) is 0 Å². The predicted octanol–water partition coefficient (Wildman–Crippen LogP) is -2.92. The molecule has 0 aliphatic carbocycles. The van der Waals surface area contributed by atoms with Gasteiger partial charge in [-0.2, -0.15) is 0 Å². The molecule has 6 nitrogen and oxygen atoms in total. The molecule has 0 aliphatic heterocycles. The van der Waals surface area contributed by atoms with Crippen molar-refractivity contribution in [3.05, 3.63) is 12.7 Å². The maximum absolute atomic E-state index is 9.47. The number of hydrogen-bond donors (Lipinski definition) is 2. The average molecular weight is 191 g/mol. The Kier molecular flexibility index (Phi) is 12.8. The fourth-order valence-electron chi connectivity index (χ4n) is 0. The van der Waals surface area contributed by atoms with Gasteiger partial charge in [-0.1, -0.05) is 6.58 Å². The van der Waals surface area contributed by atoms with Crippen molar-refractivity contribution in [2.45, 2.75) is 0 Å². The van der Waals surface area contributed by atoms with Gasteiger partial charge in [0.05, 0.1) is 7.82 Å². The standard InChI is InChI=1S/C3H5NO.Mg.H3O4P/c1-2-3(4)5;;1-5(2,3)4/h2H,1H2,(H2,4,5);;(H3,1,2,3,4)/q;+2;/p-2. The molecule has 0 atom stereocenters. The number of amides is 1. The summed E-state index contributed by atoms with van der Waals surface area (Å²) in [5.41, 5.74) is 4.53. The minimum Gasteiger partial charge on any atom is -0.790 e. The van der Waals surface area contributed by atoms with Crippen molar-refractivity contribution in [1.29, 1.82) is 0 Å². The van der Waals surface area contributed by atoms with E-state index in [9.17, 15) is 4.79 Å². The zero-order chi connectivity index (χ0) is 8.78. The molecule has 0 unspecified atom stereocenters. The monoisotopic (exact) mass is 191 g/mol. The molecule has 0 aromatic carbocycles. The van der Waals surface area contributed by atoms with E-state index in [0.717, 1.165) is 6.08 Å². The normalized spacial score (nSPS) is 8.27. The number of carbonyl (C=O) groups excluding carboxylic acids is 1. The first-order valence-electron chi connectivity index (χ1n) is 1.94. The second kappa shape index (κ2) is 8.19. The Morgan fingerprint density at radius 1 is 1.64 bits per heavy atom. The fraction of sp³-hybridized carbons (Fsp3) is 0. The molecule has 0 aliphatic rings. The van der Waals surface area contributed by atoms with Crippen molar-refractivity contribution in [1.82, 2.24) is 0 Å². The summed E-state index contributed by atoms with van der Waals surface area (Å²) in [6, 6.07) is 0. The maximum atomic E-state index is 9.47. The number of phosphoric acid groups is 1. The molecule has 0 aromatic heterocycles. The first-order chi connectivity index (χ1) is 4.27. The molecule has 0 heterocycles. The van der Waals surface area contributed by atoms with Crippen molar-refractivity contribution >= 4 is 36.8 Å². The second-order valence-electron chi connectivity index (χ2n) is 1.08. The van der Waals surface area contributed by atoms with Crippen LogP contribution >= 0.6 is 7.82 Å². The van der Waals surface area contributed by atoms with Gasteiger partial charge in [-0.15, -0.1) is 0 Å². The third-order valence-electron chi connectivity index (χ3n) is 0.201. The largest absolute Gasteiger partial charge is 2.00 e. The van der Waals surface area contributed by atoms with Gasteiger partial charge in [-0.25, -0.2) is 0 Å². The van der Waals surface area contributed by atoms with Gasteiger partial charge >= 0.3 is 23.1 Å². The van der Waals surface area contributed by atoms with Crippen molar-refractivity contribution in [2.75, 3.05) is 0 Å². The van der Waals surface area contributed by atoms with E-state index in [1.165, 1.54) is 0 Å². The van der Waals surface area contributed by atoms with E-state index >= 15 is 0 Å². The zero-order valence-electron chi connectivity index (χ0n) is 5.60. The summed E-state index contributed by atoms with van der Waals surface area (Å²) < 4.78 is 8.66. The number of primary amides is 1. The SMILES string of the molecule is C=CC(N)=O.O=P([O-])([O-])O.[Mg+2]. The maximum Gasteiger partial charge on any atom is 2.00 e. The summed E-state index contributed by atoms with van der Waals surface area (Å²) in [5.74, 6) is -0.481. The van der Waals surface area contributed by atoms with Crippen LogP contribution in [0.5, 0.6) is 0 Å². The smallest absolute Gasteiger partial charge is 0.790 e. The number of rotatable bonds is 1. The van der Waals surface area contributed by atoms with Gasteiger partial charge in [-0.05, 0) is 6.08 Å². The molecule has 0 spiro atoms. The third-order valence-corrected chi connectivity index (χ3v) is 0.201. The summed E-state index contributed by atoms with van der Waals surface area (Å²) >= 11 is 0. The summed E-state index contributed by atoms with van der Waals surface area (Å²) in [7, 11) is -5.14. The van der Waals surface area contributed by atoms with Gasteiger partial charge in [0.15, 0.2) is 0 Å². The number of carbonyl (C=O) groups is 1. The van der Waals surface area contributed by atoms with Crippen molar-refractivity contribution < 1.29 is 24.0 Å². The van der Waals surface area contributed by atoms with Gasteiger partial charge < -0.3 is 25.0 Å². The number of nitrogens with two attached hydrogens (primary N) is 1. The van der Waals surface area contributed by atoms with Crippen LogP contribution < -0.4 is 15.5 Å². The molecular weight excluding hydrogens is 185 g/mol. The van der Waals surface area contributed by atoms with Gasteiger partial charge in [0.2, 0.25) is 5.91 Å². The molecular formula is C3H6MgNO5P. The Morgan fingerprint density at radius 2 is 1.73 bits per heavy atom. The first kappa shape index (κ1) is 17.2. The van der Waals surface area contributed by atoms with E-state index in [-0.39, 0.29) is 23.1 Å². The Hall–Kier alpha value is 0.0862. The van der Waals surface area contributed by atoms with E-state index in [1.54, 1.807) is 0 Å². The summed E-state index contributed by atoms with van der Waals surface area (Å²) in [6.07, 6.45) is 1.06. The van der Waals surface area contributed by atoms with Crippen molar-refractivity contribution in [3.63, 3.8) is 0 Å². The Balaban J connectivity index is -0.000000107. The van der Waals surface area contributed by atoms with Crippen LogP contribution in [0.2, 0.25) is 0 Å². The van der Waals surface area contributed by atoms with Crippen LogP contribution in [-0.2, 0) is 9.36 Å². The molecule has 0 radical (unpaired) electrons. The minimum absolute atomic E-state index is 0. The molecule has 1 amide bonds. The number of hydrogen-bond acceptors (Lipinski definition) is 4. The molecule has 0 aromatic rings. The first-order valence-corrected chi connectivity index (χ1v) is 3.43. The predicted molar refractivity (Wildman–Crippen MR) is 35.0 cm³/mol. The van der Waals surface area contributed by atoms with Crippen LogP contribution in [0.15, 0.2) is 12.7 Å².